The zero-order valence-electron chi connectivity index (χ0n) is 13.0. The molecule has 6 heteroatoms. The number of hydrogen-bond donors (Lipinski definition) is 1. The fourth-order valence-corrected chi connectivity index (χ4v) is 2.11. The van der Waals surface area contributed by atoms with Crippen molar-refractivity contribution in [2.75, 3.05) is 11.9 Å². The first kappa shape index (κ1) is 17.6. The van der Waals surface area contributed by atoms with Crippen LogP contribution in [0, 0.1) is 18.3 Å². The van der Waals surface area contributed by atoms with E-state index in [0.717, 1.165) is 10.2 Å². The minimum absolute atomic E-state index is 0.244. The molecule has 1 aromatic rings. The van der Waals surface area contributed by atoms with Gasteiger partial charge in [-0.3, -0.25) is 9.59 Å². The minimum atomic E-state index is -0.886. The first-order valence-corrected chi connectivity index (χ1v) is 7.56. The summed E-state index contributed by atoms with van der Waals surface area (Å²) in [5.74, 6) is -1.39. The first-order chi connectivity index (χ1) is 9.66. The molecule has 1 amide bonds. The molecule has 0 aliphatic heterocycles. The average molecular weight is 357 g/mol. The molecule has 21 heavy (non-hydrogen) atoms. The maximum absolute atomic E-state index is 12.4. The van der Waals surface area contributed by atoms with Crippen LogP contribution in [0.15, 0.2) is 16.6 Å². The van der Waals surface area contributed by atoms with Crippen LogP contribution >= 0.6 is 15.9 Å². The van der Waals surface area contributed by atoms with E-state index in [0.29, 0.717) is 5.82 Å². The van der Waals surface area contributed by atoms with Crippen molar-refractivity contribution in [1.82, 2.24) is 4.98 Å². The molecule has 116 valence electrons. The van der Waals surface area contributed by atoms with Crippen LogP contribution in [0.4, 0.5) is 5.82 Å². The summed E-state index contributed by atoms with van der Waals surface area (Å²) in [6.45, 7) is 9.27. The van der Waals surface area contributed by atoms with Crippen LogP contribution < -0.4 is 5.32 Å². The number of pyridine rings is 1. The van der Waals surface area contributed by atoms with Gasteiger partial charge in [0.15, 0.2) is 0 Å². The second kappa shape index (κ2) is 7.02. The molecule has 1 N–H and O–H groups in total. The van der Waals surface area contributed by atoms with Crippen LogP contribution in [-0.4, -0.2) is 23.5 Å². The average Bonchev–Trinajstić information content (AvgIpc) is 2.32. The third kappa shape index (κ3) is 4.81. The highest BCUT2D eigenvalue weighted by Gasteiger charge is 2.39. The topological polar surface area (TPSA) is 68.3 Å². The fraction of sp³-hybridized carbons (Fsp3) is 0.533. The van der Waals surface area contributed by atoms with Gasteiger partial charge in [-0.2, -0.15) is 0 Å². The number of carbonyl (C=O) groups is 2. The van der Waals surface area contributed by atoms with Gasteiger partial charge in [-0.15, -0.1) is 0 Å². The molecular formula is C15H21BrN2O3. The van der Waals surface area contributed by atoms with Gasteiger partial charge in [0.1, 0.15) is 11.7 Å². The Balaban J connectivity index is 2.96. The van der Waals surface area contributed by atoms with Gasteiger partial charge in [0, 0.05) is 4.47 Å². The number of aryl methyl sites for hydroxylation is 1. The molecule has 0 fully saturated rings. The van der Waals surface area contributed by atoms with E-state index in [-0.39, 0.29) is 6.61 Å². The van der Waals surface area contributed by atoms with E-state index in [1.54, 1.807) is 19.1 Å². The predicted molar refractivity (Wildman–Crippen MR) is 84.9 cm³/mol. The number of anilines is 1. The van der Waals surface area contributed by atoms with E-state index >= 15 is 0 Å². The highest BCUT2D eigenvalue weighted by atomic mass is 79.9. The number of halogens is 1. The van der Waals surface area contributed by atoms with Gasteiger partial charge in [0.2, 0.25) is 5.91 Å². The van der Waals surface area contributed by atoms with Crippen molar-refractivity contribution in [2.45, 2.75) is 34.6 Å². The Morgan fingerprint density at radius 1 is 1.38 bits per heavy atom. The number of aromatic nitrogens is 1. The summed E-state index contributed by atoms with van der Waals surface area (Å²) in [5, 5.41) is 2.68. The molecule has 0 spiro atoms. The van der Waals surface area contributed by atoms with Crippen LogP contribution in [0.2, 0.25) is 0 Å². The second-order valence-electron chi connectivity index (χ2n) is 5.80. The van der Waals surface area contributed by atoms with E-state index in [1.165, 1.54) is 0 Å². The van der Waals surface area contributed by atoms with Crippen LogP contribution in [0.5, 0.6) is 0 Å². The van der Waals surface area contributed by atoms with E-state index < -0.39 is 23.2 Å². The predicted octanol–water partition coefficient (Wildman–Crippen LogP) is 3.32. The van der Waals surface area contributed by atoms with Crippen molar-refractivity contribution in [1.29, 1.82) is 0 Å². The molecule has 1 aromatic heterocycles. The van der Waals surface area contributed by atoms with Crippen molar-refractivity contribution in [3.63, 3.8) is 0 Å². The summed E-state index contributed by atoms with van der Waals surface area (Å²) in [6, 6.07) is 3.48. The number of nitrogens with one attached hydrogen (secondary N) is 1. The third-order valence-electron chi connectivity index (χ3n) is 2.92. The van der Waals surface area contributed by atoms with Gasteiger partial charge in [-0.1, -0.05) is 20.8 Å². The smallest absolute Gasteiger partial charge is 0.319 e. The molecule has 1 atom stereocenters. The number of rotatable bonds is 4. The molecule has 5 nitrogen and oxygen atoms in total. The molecule has 1 heterocycles. The summed E-state index contributed by atoms with van der Waals surface area (Å²) in [4.78, 5) is 28.7. The number of ether oxygens (including phenoxy) is 1. The van der Waals surface area contributed by atoms with E-state index in [1.807, 2.05) is 27.7 Å². The monoisotopic (exact) mass is 356 g/mol. The van der Waals surface area contributed by atoms with Gasteiger partial charge >= 0.3 is 5.97 Å². The Hall–Kier alpha value is -1.43. The van der Waals surface area contributed by atoms with Crippen LogP contribution in [0.3, 0.4) is 0 Å². The molecule has 0 bridgehead atoms. The highest BCUT2D eigenvalue weighted by Crippen LogP contribution is 2.28. The fourth-order valence-electron chi connectivity index (χ4n) is 1.89. The summed E-state index contributed by atoms with van der Waals surface area (Å²) in [6.07, 6.45) is 0. The first-order valence-electron chi connectivity index (χ1n) is 6.77. The molecule has 0 radical (unpaired) electrons. The number of carbonyl (C=O) groups excluding carboxylic acids is 2. The zero-order valence-corrected chi connectivity index (χ0v) is 14.6. The quantitative estimate of drug-likeness (QED) is 0.663. The molecule has 0 saturated heterocycles. The largest absolute Gasteiger partial charge is 0.465 e. The summed E-state index contributed by atoms with van der Waals surface area (Å²) < 4.78 is 5.86. The lowest BCUT2D eigenvalue weighted by Crippen LogP contribution is -2.40. The second-order valence-corrected chi connectivity index (χ2v) is 6.66. The lowest BCUT2D eigenvalue weighted by Gasteiger charge is -2.27. The van der Waals surface area contributed by atoms with E-state index in [9.17, 15) is 9.59 Å². The van der Waals surface area contributed by atoms with Crippen LogP contribution in [0.1, 0.15) is 33.4 Å². The Bertz CT molecular complexity index is 538. The Morgan fingerprint density at radius 2 is 2.00 bits per heavy atom. The van der Waals surface area contributed by atoms with Crippen molar-refractivity contribution >= 4 is 33.6 Å². The summed E-state index contributed by atoms with van der Waals surface area (Å²) >= 11 is 3.35. The van der Waals surface area contributed by atoms with Crippen molar-refractivity contribution in [3.8, 4) is 0 Å². The van der Waals surface area contributed by atoms with Gasteiger partial charge in [-0.25, -0.2) is 4.98 Å². The molecular weight excluding hydrogens is 336 g/mol. The SMILES string of the molecule is CCOC(=O)C(C(=O)Nc1ccc(Br)c(C)n1)C(C)(C)C. The van der Waals surface area contributed by atoms with Gasteiger partial charge in [0.05, 0.1) is 12.3 Å². The van der Waals surface area contributed by atoms with Gasteiger partial charge in [-0.05, 0) is 47.3 Å². The normalized spacial score (nSPS) is 12.7. The molecule has 0 saturated carbocycles. The molecule has 0 aromatic carbocycles. The van der Waals surface area contributed by atoms with Crippen molar-refractivity contribution < 1.29 is 14.3 Å². The maximum Gasteiger partial charge on any atom is 0.319 e. The van der Waals surface area contributed by atoms with Crippen molar-refractivity contribution in [2.24, 2.45) is 11.3 Å². The summed E-state index contributed by atoms with van der Waals surface area (Å²) in [7, 11) is 0. The van der Waals surface area contributed by atoms with Crippen molar-refractivity contribution in [3.05, 3.63) is 22.3 Å². The number of hydrogen-bond acceptors (Lipinski definition) is 4. The Labute approximate surface area is 133 Å². The Morgan fingerprint density at radius 3 is 2.48 bits per heavy atom. The lowest BCUT2D eigenvalue weighted by atomic mass is 9.80. The number of esters is 1. The molecule has 1 rings (SSSR count). The van der Waals surface area contributed by atoms with Crippen LogP contribution in [0.25, 0.3) is 0 Å². The lowest BCUT2D eigenvalue weighted by molar-refractivity contribution is -0.155. The van der Waals surface area contributed by atoms with Crippen LogP contribution in [-0.2, 0) is 14.3 Å². The minimum Gasteiger partial charge on any atom is -0.465 e. The van der Waals surface area contributed by atoms with E-state index in [2.05, 4.69) is 26.2 Å². The van der Waals surface area contributed by atoms with Gasteiger partial charge < -0.3 is 10.1 Å². The zero-order chi connectivity index (χ0) is 16.2. The van der Waals surface area contributed by atoms with Gasteiger partial charge in [0.25, 0.3) is 0 Å². The number of amides is 1. The molecule has 1 unspecified atom stereocenters. The maximum atomic E-state index is 12.4. The van der Waals surface area contributed by atoms with E-state index in [4.69, 9.17) is 4.74 Å². The standard InChI is InChI=1S/C15H21BrN2O3/c1-6-21-14(20)12(15(3,4)5)13(19)18-11-8-7-10(16)9(2)17-11/h7-8,12H,6H2,1-5H3,(H,17,18,19). The number of nitrogens with zero attached hydrogens (tertiary/aromatic N) is 1. The highest BCUT2D eigenvalue weighted by molar-refractivity contribution is 9.10. The third-order valence-corrected chi connectivity index (χ3v) is 3.76. The summed E-state index contributed by atoms with van der Waals surface area (Å²) in [5.41, 5.74) is 0.219. The Kier molecular flexibility index (Phi) is 5.89. The molecule has 0 aliphatic rings. The molecule has 0 aliphatic carbocycles.